The third-order valence-corrected chi connectivity index (χ3v) is 5.62. The van der Waals surface area contributed by atoms with E-state index < -0.39 is 0 Å². The lowest BCUT2D eigenvalue weighted by molar-refractivity contribution is 0.738. The summed E-state index contributed by atoms with van der Waals surface area (Å²) in [6, 6.07) is 14.2. The van der Waals surface area contributed by atoms with Crippen molar-refractivity contribution in [2.45, 2.75) is 33.2 Å². The average molecular weight is 406 g/mol. The zero-order valence-electron chi connectivity index (χ0n) is 16.6. The molecule has 4 rings (SSSR count). The zero-order valence-corrected chi connectivity index (χ0v) is 17.4. The summed E-state index contributed by atoms with van der Waals surface area (Å²) in [6.07, 6.45) is 0.883. The molecule has 0 bridgehead atoms. The van der Waals surface area contributed by atoms with Crippen molar-refractivity contribution in [3.8, 4) is 0 Å². The van der Waals surface area contributed by atoms with E-state index in [1.54, 1.807) is 0 Å². The van der Waals surface area contributed by atoms with Crippen LogP contribution in [0.3, 0.4) is 0 Å². The van der Waals surface area contributed by atoms with Crippen LogP contribution in [0.4, 0.5) is 23.1 Å². The Bertz CT molecular complexity index is 1150. The van der Waals surface area contributed by atoms with Gasteiger partial charge in [0.2, 0.25) is 5.95 Å². The summed E-state index contributed by atoms with van der Waals surface area (Å²) in [5, 5.41) is 3.17. The number of nitrogens with one attached hydrogen (secondary N) is 2. The fourth-order valence-corrected chi connectivity index (χ4v) is 4.19. The molecule has 1 aliphatic rings. The van der Waals surface area contributed by atoms with Crippen LogP contribution in [0, 0.1) is 13.8 Å². The van der Waals surface area contributed by atoms with Gasteiger partial charge in [0.15, 0.2) is 0 Å². The molecule has 0 spiro atoms. The highest BCUT2D eigenvalue weighted by molar-refractivity contribution is 7.81. The second kappa shape index (κ2) is 7.33. The Labute approximate surface area is 174 Å². The molecule has 3 aromatic rings. The Morgan fingerprint density at radius 2 is 1.90 bits per heavy atom. The van der Waals surface area contributed by atoms with Gasteiger partial charge in [0.05, 0.1) is 0 Å². The van der Waals surface area contributed by atoms with Gasteiger partial charge in [-0.05, 0) is 49.9 Å². The Hall–Kier alpha value is -3.19. The number of hydrogen-bond donors (Lipinski definition) is 3. The summed E-state index contributed by atoms with van der Waals surface area (Å²) >= 11 is 5.50. The van der Waals surface area contributed by atoms with E-state index in [4.69, 9.17) is 18.0 Å². The molecule has 6 nitrogen and oxygen atoms in total. The SMILES string of the molecule is Cc1cccc(C)c1NC(=S)c1c(N)nc(N2c3ccccc3CC2C)[nH]c1=O. The summed E-state index contributed by atoms with van der Waals surface area (Å²) < 4.78 is 0. The van der Waals surface area contributed by atoms with E-state index in [9.17, 15) is 4.79 Å². The number of aryl methyl sites for hydroxylation is 2. The van der Waals surface area contributed by atoms with Crippen LogP contribution in [0.15, 0.2) is 47.3 Å². The summed E-state index contributed by atoms with van der Waals surface area (Å²) in [6.45, 7) is 6.06. The van der Waals surface area contributed by atoms with Crippen LogP contribution in [0.25, 0.3) is 0 Å². The number of H-pyrrole nitrogens is 1. The molecule has 1 atom stereocenters. The minimum Gasteiger partial charge on any atom is -0.383 e. The molecule has 1 aromatic heterocycles. The highest BCUT2D eigenvalue weighted by Gasteiger charge is 2.29. The number of aromatic amines is 1. The van der Waals surface area contributed by atoms with Gasteiger partial charge in [0, 0.05) is 17.4 Å². The van der Waals surface area contributed by atoms with E-state index in [0.717, 1.165) is 28.9 Å². The minimum atomic E-state index is -0.354. The maximum absolute atomic E-state index is 12.9. The Balaban J connectivity index is 1.70. The smallest absolute Gasteiger partial charge is 0.264 e. The predicted octanol–water partition coefficient (Wildman–Crippen LogP) is 3.84. The summed E-state index contributed by atoms with van der Waals surface area (Å²) in [7, 11) is 0. The first-order valence-corrected chi connectivity index (χ1v) is 9.92. The molecule has 4 N–H and O–H groups in total. The van der Waals surface area contributed by atoms with Gasteiger partial charge in [-0.3, -0.25) is 9.78 Å². The van der Waals surface area contributed by atoms with Crippen molar-refractivity contribution in [3.63, 3.8) is 0 Å². The second-order valence-electron chi connectivity index (χ2n) is 7.42. The normalized spacial score (nSPS) is 15.3. The number of hydrogen-bond acceptors (Lipinski definition) is 5. The van der Waals surface area contributed by atoms with Gasteiger partial charge in [-0.2, -0.15) is 4.98 Å². The molecule has 148 valence electrons. The molecule has 1 aliphatic heterocycles. The van der Waals surface area contributed by atoms with Crippen molar-refractivity contribution in [2.24, 2.45) is 0 Å². The van der Waals surface area contributed by atoms with Crippen LogP contribution in [0.1, 0.15) is 29.2 Å². The maximum atomic E-state index is 12.9. The number of para-hydroxylation sites is 2. The molecule has 29 heavy (non-hydrogen) atoms. The number of aromatic nitrogens is 2. The van der Waals surface area contributed by atoms with Gasteiger partial charge in [-0.25, -0.2) is 0 Å². The summed E-state index contributed by atoms with van der Waals surface area (Å²) in [5.41, 5.74) is 11.2. The number of fused-ring (bicyclic) bond motifs is 1. The lowest BCUT2D eigenvalue weighted by atomic mass is 10.1. The molecular weight excluding hydrogens is 382 g/mol. The average Bonchev–Trinajstić information content (AvgIpc) is 3.00. The molecule has 7 heteroatoms. The van der Waals surface area contributed by atoms with Crippen molar-refractivity contribution in [2.75, 3.05) is 16.0 Å². The number of anilines is 4. The van der Waals surface area contributed by atoms with Crippen molar-refractivity contribution >= 4 is 40.3 Å². The Morgan fingerprint density at radius 1 is 1.21 bits per heavy atom. The minimum absolute atomic E-state index is 0.115. The topological polar surface area (TPSA) is 87.0 Å². The predicted molar refractivity (Wildman–Crippen MR) is 122 cm³/mol. The van der Waals surface area contributed by atoms with E-state index in [2.05, 4.69) is 28.3 Å². The fourth-order valence-electron chi connectivity index (χ4n) is 3.89. The summed E-state index contributed by atoms with van der Waals surface area (Å²) in [5.74, 6) is 0.549. The molecular formula is C22H23N5OS. The standard InChI is InChI=1S/C22H23N5OS/c1-12-7-6-8-13(2)18(12)24-21(29)17-19(23)25-22(26-20(17)28)27-14(3)11-15-9-4-5-10-16(15)27/h4-10,14H,11H2,1-3H3,(H,24,29)(H3,23,25,26,28). The van der Waals surface area contributed by atoms with Crippen LogP contribution >= 0.6 is 12.2 Å². The van der Waals surface area contributed by atoms with Crippen molar-refractivity contribution in [3.05, 3.63) is 75.1 Å². The van der Waals surface area contributed by atoms with Crippen molar-refractivity contribution in [1.82, 2.24) is 9.97 Å². The van der Waals surface area contributed by atoms with Crippen LogP contribution in [-0.4, -0.2) is 21.0 Å². The molecule has 0 amide bonds. The van der Waals surface area contributed by atoms with E-state index in [-0.39, 0.29) is 28.0 Å². The first-order valence-electron chi connectivity index (χ1n) is 9.51. The first-order chi connectivity index (χ1) is 13.9. The van der Waals surface area contributed by atoms with Crippen LogP contribution in [0.5, 0.6) is 0 Å². The number of nitrogens with zero attached hydrogens (tertiary/aromatic N) is 2. The largest absolute Gasteiger partial charge is 0.383 e. The number of nitrogens with two attached hydrogens (primary N) is 1. The third kappa shape index (κ3) is 3.38. The zero-order chi connectivity index (χ0) is 20.7. The fraction of sp³-hybridized carbons (Fsp3) is 0.227. The molecule has 1 unspecified atom stereocenters. The van der Waals surface area contributed by atoms with E-state index >= 15 is 0 Å². The monoisotopic (exact) mass is 405 g/mol. The van der Waals surface area contributed by atoms with Crippen LogP contribution in [-0.2, 0) is 6.42 Å². The quantitative estimate of drug-likeness (QED) is 0.574. The Kier molecular flexibility index (Phi) is 4.84. The lowest BCUT2D eigenvalue weighted by Gasteiger charge is -2.24. The molecule has 0 saturated heterocycles. The van der Waals surface area contributed by atoms with Gasteiger partial charge in [-0.15, -0.1) is 0 Å². The highest BCUT2D eigenvalue weighted by Crippen LogP contribution is 2.36. The molecule has 0 aliphatic carbocycles. The number of nitrogen functional groups attached to an aromatic ring is 1. The van der Waals surface area contributed by atoms with E-state index in [1.165, 1.54) is 5.56 Å². The Morgan fingerprint density at radius 3 is 2.59 bits per heavy atom. The van der Waals surface area contributed by atoms with Gasteiger partial charge >= 0.3 is 0 Å². The maximum Gasteiger partial charge on any atom is 0.264 e. The lowest BCUT2D eigenvalue weighted by Crippen LogP contribution is -2.32. The van der Waals surface area contributed by atoms with Crippen molar-refractivity contribution < 1.29 is 0 Å². The van der Waals surface area contributed by atoms with Gasteiger partial charge in [-0.1, -0.05) is 48.6 Å². The molecule has 0 saturated carbocycles. The van der Waals surface area contributed by atoms with Gasteiger partial charge in [0.1, 0.15) is 16.4 Å². The molecule has 2 heterocycles. The van der Waals surface area contributed by atoms with Gasteiger partial charge in [0.25, 0.3) is 5.56 Å². The van der Waals surface area contributed by atoms with Crippen LogP contribution in [0.2, 0.25) is 0 Å². The molecule has 2 aromatic carbocycles. The highest BCUT2D eigenvalue weighted by atomic mass is 32.1. The first kappa shape index (κ1) is 19.1. The van der Waals surface area contributed by atoms with Crippen LogP contribution < -0.4 is 21.5 Å². The third-order valence-electron chi connectivity index (χ3n) is 5.32. The summed E-state index contributed by atoms with van der Waals surface area (Å²) in [4.78, 5) is 22.6. The molecule has 0 fully saturated rings. The number of benzene rings is 2. The van der Waals surface area contributed by atoms with E-state index in [1.807, 2.05) is 55.1 Å². The molecule has 0 radical (unpaired) electrons. The number of rotatable bonds is 3. The van der Waals surface area contributed by atoms with Crippen molar-refractivity contribution in [1.29, 1.82) is 0 Å². The second-order valence-corrected chi connectivity index (χ2v) is 7.83. The van der Waals surface area contributed by atoms with Gasteiger partial charge < -0.3 is 16.0 Å². The van der Waals surface area contributed by atoms with E-state index in [0.29, 0.717) is 5.95 Å². The number of thiocarbonyl (C=S) groups is 1.